The van der Waals surface area contributed by atoms with Crippen LogP contribution in [-0.4, -0.2) is 18.0 Å². The Labute approximate surface area is 127 Å². The van der Waals surface area contributed by atoms with Crippen LogP contribution in [0.5, 0.6) is 11.5 Å². The molecule has 0 fully saturated rings. The van der Waals surface area contributed by atoms with Crippen LogP contribution in [-0.2, 0) is 4.74 Å². The highest BCUT2D eigenvalue weighted by Gasteiger charge is 2.20. The number of methoxy groups -OCH3 is 1. The molecular formula is C16H15NO5. The first kappa shape index (κ1) is 15.5. The van der Waals surface area contributed by atoms with Crippen molar-refractivity contribution >= 4 is 11.7 Å². The average Bonchev–Trinajstić information content (AvgIpc) is 2.49. The van der Waals surface area contributed by atoms with Gasteiger partial charge in [-0.3, -0.25) is 10.1 Å². The van der Waals surface area contributed by atoms with Gasteiger partial charge in [-0.2, -0.15) is 0 Å². The van der Waals surface area contributed by atoms with E-state index in [-0.39, 0.29) is 17.0 Å². The smallest absolute Gasteiger partial charge is 0.338 e. The fraction of sp³-hybridized carbons (Fsp3) is 0.188. The van der Waals surface area contributed by atoms with Gasteiger partial charge >= 0.3 is 11.7 Å². The molecule has 0 spiro atoms. The van der Waals surface area contributed by atoms with Gasteiger partial charge in [0.15, 0.2) is 0 Å². The molecule has 0 N–H and O–H groups in total. The summed E-state index contributed by atoms with van der Waals surface area (Å²) in [7, 11) is 1.22. The number of nitrogens with zero attached hydrogens (tertiary/aromatic N) is 1. The third-order valence-electron chi connectivity index (χ3n) is 3.13. The highest BCUT2D eigenvalue weighted by atomic mass is 16.6. The van der Waals surface area contributed by atoms with E-state index in [0.717, 1.165) is 17.2 Å². The van der Waals surface area contributed by atoms with E-state index in [0.29, 0.717) is 5.75 Å². The quantitative estimate of drug-likeness (QED) is 0.487. The molecule has 2 rings (SSSR count). The zero-order valence-electron chi connectivity index (χ0n) is 12.5. The number of nitro groups is 1. The van der Waals surface area contributed by atoms with Crippen LogP contribution in [0.25, 0.3) is 0 Å². The van der Waals surface area contributed by atoms with Crippen molar-refractivity contribution in [3.63, 3.8) is 0 Å². The molecule has 0 radical (unpaired) electrons. The van der Waals surface area contributed by atoms with Crippen molar-refractivity contribution in [1.82, 2.24) is 0 Å². The Hall–Kier alpha value is -2.89. The third-order valence-corrected chi connectivity index (χ3v) is 3.13. The SMILES string of the molecule is COC(=O)c1ccc(Oc2ccc(C)cc2C)c([N+](=O)[O-])c1. The molecule has 6 nitrogen and oxygen atoms in total. The van der Waals surface area contributed by atoms with Crippen LogP contribution < -0.4 is 4.74 Å². The van der Waals surface area contributed by atoms with Gasteiger partial charge in [-0.1, -0.05) is 17.7 Å². The number of aryl methyl sites for hydroxylation is 2. The molecule has 6 heteroatoms. The molecule has 0 aliphatic carbocycles. The lowest BCUT2D eigenvalue weighted by molar-refractivity contribution is -0.385. The Morgan fingerprint density at radius 2 is 1.77 bits per heavy atom. The summed E-state index contributed by atoms with van der Waals surface area (Å²) in [6.07, 6.45) is 0. The van der Waals surface area contributed by atoms with Gasteiger partial charge < -0.3 is 9.47 Å². The lowest BCUT2D eigenvalue weighted by Gasteiger charge is -2.10. The maximum Gasteiger partial charge on any atom is 0.338 e. The maximum atomic E-state index is 11.5. The summed E-state index contributed by atoms with van der Waals surface area (Å²) in [6, 6.07) is 9.50. The van der Waals surface area contributed by atoms with Gasteiger partial charge in [-0.25, -0.2) is 4.79 Å². The molecule has 114 valence electrons. The van der Waals surface area contributed by atoms with Gasteiger partial charge in [0.2, 0.25) is 5.75 Å². The molecule has 0 unspecified atom stereocenters. The maximum absolute atomic E-state index is 11.5. The second-order valence-corrected chi connectivity index (χ2v) is 4.80. The van der Waals surface area contributed by atoms with Gasteiger partial charge in [0, 0.05) is 6.07 Å². The van der Waals surface area contributed by atoms with Crippen LogP contribution in [0.1, 0.15) is 21.5 Å². The first-order chi connectivity index (χ1) is 10.4. The summed E-state index contributed by atoms with van der Waals surface area (Å²) in [5.74, 6) is -0.0368. The van der Waals surface area contributed by atoms with Gasteiger partial charge in [0.25, 0.3) is 0 Å². The van der Waals surface area contributed by atoms with Crippen LogP contribution in [0, 0.1) is 24.0 Å². The van der Waals surface area contributed by atoms with E-state index in [2.05, 4.69) is 4.74 Å². The first-order valence-electron chi connectivity index (χ1n) is 6.54. The largest absolute Gasteiger partial charge is 0.465 e. The van der Waals surface area contributed by atoms with E-state index in [1.165, 1.54) is 19.2 Å². The Kier molecular flexibility index (Phi) is 4.41. The van der Waals surface area contributed by atoms with Crippen LogP contribution >= 0.6 is 0 Å². The highest BCUT2D eigenvalue weighted by Crippen LogP contribution is 2.33. The fourth-order valence-corrected chi connectivity index (χ4v) is 2.02. The summed E-state index contributed by atoms with van der Waals surface area (Å²) < 4.78 is 10.2. The molecule has 0 bridgehead atoms. The molecule has 2 aromatic rings. The number of carbonyl (C=O) groups excluding carboxylic acids is 1. The molecule has 22 heavy (non-hydrogen) atoms. The normalized spacial score (nSPS) is 10.1. The number of ether oxygens (including phenoxy) is 2. The average molecular weight is 301 g/mol. The first-order valence-corrected chi connectivity index (χ1v) is 6.54. The van der Waals surface area contributed by atoms with E-state index < -0.39 is 10.9 Å². The molecule has 0 atom stereocenters. The minimum absolute atomic E-state index is 0.0737. The standard InChI is InChI=1S/C16H15NO5/c1-10-4-6-14(11(2)8-10)22-15-7-5-12(16(18)21-3)9-13(15)17(19)20/h4-9H,1-3H3. The van der Waals surface area contributed by atoms with Gasteiger partial charge in [-0.05, 0) is 37.6 Å². The van der Waals surface area contributed by atoms with Crippen molar-refractivity contribution in [3.05, 3.63) is 63.2 Å². The molecule has 0 amide bonds. The van der Waals surface area contributed by atoms with E-state index in [4.69, 9.17) is 4.74 Å². The summed E-state index contributed by atoms with van der Waals surface area (Å²) in [5, 5.41) is 11.2. The molecule has 0 aliphatic rings. The van der Waals surface area contributed by atoms with E-state index in [9.17, 15) is 14.9 Å². The number of esters is 1. The number of benzene rings is 2. The van der Waals surface area contributed by atoms with Crippen molar-refractivity contribution in [1.29, 1.82) is 0 Å². The minimum atomic E-state index is -0.638. The van der Waals surface area contributed by atoms with E-state index >= 15 is 0 Å². The van der Waals surface area contributed by atoms with Crippen molar-refractivity contribution in [3.8, 4) is 11.5 Å². The lowest BCUT2D eigenvalue weighted by Crippen LogP contribution is -2.03. The van der Waals surface area contributed by atoms with Gasteiger partial charge in [-0.15, -0.1) is 0 Å². The molecule has 0 saturated heterocycles. The lowest BCUT2D eigenvalue weighted by atomic mass is 10.1. The van der Waals surface area contributed by atoms with Crippen molar-refractivity contribution < 1.29 is 19.2 Å². The summed E-state index contributed by atoms with van der Waals surface area (Å²) in [5.41, 5.74) is 1.75. The molecular weight excluding hydrogens is 286 g/mol. The molecule has 2 aromatic carbocycles. The third kappa shape index (κ3) is 3.22. The highest BCUT2D eigenvalue weighted by molar-refractivity contribution is 5.90. The second-order valence-electron chi connectivity index (χ2n) is 4.80. The van der Waals surface area contributed by atoms with Crippen LogP contribution in [0.3, 0.4) is 0 Å². The molecule has 0 saturated carbocycles. The van der Waals surface area contributed by atoms with Gasteiger partial charge in [0.05, 0.1) is 17.6 Å². The fourth-order valence-electron chi connectivity index (χ4n) is 2.02. The topological polar surface area (TPSA) is 78.7 Å². The Bertz CT molecular complexity index is 739. The van der Waals surface area contributed by atoms with Crippen LogP contribution in [0.2, 0.25) is 0 Å². The number of rotatable bonds is 4. The van der Waals surface area contributed by atoms with Gasteiger partial charge in [0.1, 0.15) is 5.75 Å². The summed E-state index contributed by atoms with van der Waals surface area (Å²) in [6.45, 7) is 3.81. The summed E-state index contributed by atoms with van der Waals surface area (Å²) >= 11 is 0. The molecule has 0 aliphatic heterocycles. The number of hydrogen-bond donors (Lipinski definition) is 0. The predicted molar refractivity (Wildman–Crippen MR) is 80.4 cm³/mol. The Morgan fingerprint density at radius 3 is 2.36 bits per heavy atom. The van der Waals surface area contributed by atoms with E-state index in [1.807, 2.05) is 26.0 Å². The van der Waals surface area contributed by atoms with Crippen LogP contribution in [0.4, 0.5) is 5.69 Å². The number of hydrogen-bond acceptors (Lipinski definition) is 5. The Balaban J connectivity index is 2.42. The van der Waals surface area contributed by atoms with E-state index in [1.54, 1.807) is 6.07 Å². The van der Waals surface area contributed by atoms with Crippen molar-refractivity contribution in [2.75, 3.05) is 7.11 Å². The molecule has 0 aromatic heterocycles. The zero-order valence-corrected chi connectivity index (χ0v) is 12.5. The van der Waals surface area contributed by atoms with Crippen LogP contribution in [0.15, 0.2) is 36.4 Å². The minimum Gasteiger partial charge on any atom is -0.465 e. The Morgan fingerprint density at radius 1 is 1.09 bits per heavy atom. The number of carbonyl (C=O) groups is 1. The monoisotopic (exact) mass is 301 g/mol. The molecule has 0 heterocycles. The zero-order chi connectivity index (χ0) is 16.3. The summed E-state index contributed by atoms with van der Waals surface area (Å²) in [4.78, 5) is 22.1. The second kappa shape index (κ2) is 6.26. The van der Waals surface area contributed by atoms with Crippen molar-refractivity contribution in [2.24, 2.45) is 0 Å². The number of nitro benzene ring substituents is 1. The van der Waals surface area contributed by atoms with Crippen molar-refractivity contribution in [2.45, 2.75) is 13.8 Å². The predicted octanol–water partition coefficient (Wildman–Crippen LogP) is 3.79.